The van der Waals surface area contributed by atoms with Crippen molar-refractivity contribution in [3.63, 3.8) is 0 Å². The molecular formula is C24H18N4OS. The predicted octanol–water partition coefficient (Wildman–Crippen LogP) is 4.19. The lowest BCUT2D eigenvalue weighted by molar-refractivity contribution is 0.597. The van der Waals surface area contributed by atoms with Crippen molar-refractivity contribution < 1.29 is 0 Å². The van der Waals surface area contributed by atoms with Crippen molar-refractivity contribution >= 4 is 33.9 Å². The maximum Gasteiger partial charge on any atom is 0.266 e. The summed E-state index contributed by atoms with van der Waals surface area (Å²) in [5.74, 6) is 0.621. The fourth-order valence-corrected chi connectivity index (χ4v) is 4.03. The molecule has 146 valence electrons. The number of para-hydroxylation sites is 2. The smallest absolute Gasteiger partial charge is 0.266 e. The summed E-state index contributed by atoms with van der Waals surface area (Å²) in [7, 11) is 0. The summed E-state index contributed by atoms with van der Waals surface area (Å²) in [5.41, 5.74) is 3.24. The molecule has 0 amide bonds. The first-order chi connectivity index (χ1) is 14.7. The Labute approximate surface area is 178 Å². The zero-order valence-electron chi connectivity index (χ0n) is 16.0. The van der Waals surface area contributed by atoms with Crippen LogP contribution in [0.3, 0.4) is 0 Å². The lowest BCUT2D eigenvalue weighted by Crippen LogP contribution is -2.38. The molecular weight excluding hydrogens is 392 g/mol. The average molecular weight is 411 g/mol. The van der Waals surface area contributed by atoms with Gasteiger partial charge in [-0.25, -0.2) is 9.98 Å². The van der Waals surface area contributed by atoms with Gasteiger partial charge in [0.05, 0.1) is 28.3 Å². The van der Waals surface area contributed by atoms with Gasteiger partial charge in [-0.2, -0.15) is 0 Å². The van der Waals surface area contributed by atoms with Crippen molar-refractivity contribution in [1.29, 1.82) is 0 Å². The molecule has 1 atom stereocenters. The van der Waals surface area contributed by atoms with E-state index in [1.165, 1.54) is 0 Å². The van der Waals surface area contributed by atoms with Gasteiger partial charge >= 0.3 is 0 Å². The van der Waals surface area contributed by atoms with Crippen LogP contribution in [-0.2, 0) is 0 Å². The van der Waals surface area contributed by atoms with Gasteiger partial charge < -0.3 is 5.32 Å². The molecule has 1 unspecified atom stereocenters. The van der Waals surface area contributed by atoms with Crippen LogP contribution in [0.5, 0.6) is 0 Å². The molecule has 0 spiro atoms. The van der Waals surface area contributed by atoms with Gasteiger partial charge in [0.15, 0.2) is 5.11 Å². The van der Waals surface area contributed by atoms with Gasteiger partial charge in [0.1, 0.15) is 5.82 Å². The summed E-state index contributed by atoms with van der Waals surface area (Å²) in [4.78, 5) is 22.9. The van der Waals surface area contributed by atoms with Crippen LogP contribution in [-0.4, -0.2) is 20.4 Å². The van der Waals surface area contributed by atoms with Gasteiger partial charge in [0, 0.05) is 6.42 Å². The Morgan fingerprint density at radius 1 is 0.900 bits per heavy atom. The number of hydrogen-bond acceptors (Lipinski definition) is 3. The summed E-state index contributed by atoms with van der Waals surface area (Å²) < 4.78 is 1.68. The van der Waals surface area contributed by atoms with Gasteiger partial charge in [-0.05, 0) is 42.0 Å². The van der Waals surface area contributed by atoms with E-state index in [1.807, 2.05) is 84.9 Å². The Kier molecular flexibility index (Phi) is 4.69. The molecule has 1 N–H and O–H groups in total. The van der Waals surface area contributed by atoms with Crippen molar-refractivity contribution in [3.05, 3.63) is 107 Å². The SMILES string of the molecule is O=c1c2ccccc2nc(C2CC(c3ccccc3)=NC(=S)N2)n1-c1ccccc1. The molecule has 5 rings (SSSR count). The van der Waals surface area contributed by atoms with Crippen LogP contribution in [0.25, 0.3) is 16.6 Å². The Bertz CT molecular complexity index is 1330. The van der Waals surface area contributed by atoms with Crippen LogP contribution in [0.1, 0.15) is 23.9 Å². The van der Waals surface area contributed by atoms with Crippen molar-refractivity contribution in [2.45, 2.75) is 12.5 Å². The fraction of sp³-hybridized carbons (Fsp3) is 0.0833. The molecule has 5 nitrogen and oxygen atoms in total. The van der Waals surface area contributed by atoms with E-state index < -0.39 is 0 Å². The van der Waals surface area contributed by atoms with Crippen LogP contribution >= 0.6 is 12.2 Å². The second-order valence-electron chi connectivity index (χ2n) is 7.09. The Balaban J connectivity index is 1.70. The zero-order chi connectivity index (χ0) is 20.5. The highest BCUT2D eigenvalue weighted by molar-refractivity contribution is 7.80. The molecule has 3 aromatic carbocycles. The number of rotatable bonds is 3. The minimum atomic E-state index is -0.275. The maximum atomic E-state index is 13.5. The first-order valence-electron chi connectivity index (χ1n) is 9.71. The molecule has 0 saturated carbocycles. The van der Waals surface area contributed by atoms with Crippen molar-refractivity contribution in [3.8, 4) is 5.69 Å². The molecule has 0 bridgehead atoms. The van der Waals surface area contributed by atoms with Gasteiger partial charge in [-0.15, -0.1) is 0 Å². The fourth-order valence-electron chi connectivity index (χ4n) is 3.77. The highest BCUT2D eigenvalue weighted by Gasteiger charge is 2.27. The highest BCUT2D eigenvalue weighted by Crippen LogP contribution is 2.25. The van der Waals surface area contributed by atoms with Crippen molar-refractivity contribution in [1.82, 2.24) is 14.9 Å². The molecule has 30 heavy (non-hydrogen) atoms. The number of benzene rings is 3. The molecule has 1 aliphatic heterocycles. The van der Waals surface area contributed by atoms with Crippen molar-refractivity contribution in [2.75, 3.05) is 0 Å². The van der Waals surface area contributed by atoms with E-state index in [2.05, 4.69) is 10.3 Å². The lowest BCUT2D eigenvalue weighted by Gasteiger charge is -2.27. The monoisotopic (exact) mass is 410 g/mol. The van der Waals surface area contributed by atoms with Gasteiger partial charge in [-0.1, -0.05) is 60.7 Å². The first kappa shape index (κ1) is 18.4. The number of fused-ring (bicyclic) bond motifs is 1. The number of hydrogen-bond donors (Lipinski definition) is 1. The van der Waals surface area contributed by atoms with Gasteiger partial charge in [-0.3, -0.25) is 9.36 Å². The first-order valence-corrected chi connectivity index (χ1v) is 10.1. The van der Waals surface area contributed by atoms with E-state index in [0.717, 1.165) is 17.0 Å². The van der Waals surface area contributed by atoms with Crippen LogP contribution in [0.2, 0.25) is 0 Å². The number of aromatic nitrogens is 2. The number of nitrogens with zero attached hydrogens (tertiary/aromatic N) is 3. The quantitative estimate of drug-likeness (QED) is 0.515. The second kappa shape index (κ2) is 7.65. The average Bonchev–Trinajstić information content (AvgIpc) is 2.80. The molecule has 1 aromatic heterocycles. The molecule has 0 saturated heterocycles. The summed E-state index contributed by atoms with van der Waals surface area (Å²) in [5, 5.41) is 4.24. The van der Waals surface area contributed by atoms with Crippen molar-refractivity contribution in [2.24, 2.45) is 4.99 Å². The molecule has 0 fully saturated rings. The number of aliphatic imine (C=N–C) groups is 1. The maximum absolute atomic E-state index is 13.5. The van der Waals surface area contributed by atoms with Gasteiger partial charge in [0.2, 0.25) is 0 Å². The lowest BCUT2D eigenvalue weighted by atomic mass is 10.0. The third-order valence-corrected chi connectivity index (χ3v) is 5.38. The Morgan fingerprint density at radius 3 is 2.33 bits per heavy atom. The Morgan fingerprint density at radius 2 is 1.57 bits per heavy atom. The summed E-state index contributed by atoms with van der Waals surface area (Å²) in [6.07, 6.45) is 0.571. The third-order valence-electron chi connectivity index (χ3n) is 5.17. The molecule has 0 radical (unpaired) electrons. The van der Waals surface area contributed by atoms with Crippen LogP contribution in [0.4, 0.5) is 0 Å². The predicted molar refractivity (Wildman–Crippen MR) is 123 cm³/mol. The summed E-state index contributed by atoms with van der Waals surface area (Å²) in [6.45, 7) is 0. The number of thiocarbonyl (C=S) groups is 1. The van der Waals surface area contributed by atoms with Crippen LogP contribution in [0.15, 0.2) is 94.7 Å². The third kappa shape index (κ3) is 3.31. The molecule has 0 aliphatic carbocycles. The van der Waals surface area contributed by atoms with E-state index in [0.29, 0.717) is 28.3 Å². The zero-order valence-corrected chi connectivity index (χ0v) is 16.8. The largest absolute Gasteiger partial charge is 0.350 e. The summed E-state index contributed by atoms with van der Waals surface area (Å²) in [6, 6.07) is 26.7. The molecule has 2 heterocycles. The van der Waals surface area contributed by atoms with E-state index in [9.17, 15) is 4.79 Å². The van der Waals surface area contributed by atoms with Gasteiger partial charge in [0.25, 0.3) is 5.56 Å². The van der Waals surface area contributed by atoms with Crippen LogP contribution in [0, 0.1) is 0 Å². The topological polar surface area (TPSA) is 59.3 Å². The van der Waals surface area contributed by atoms with E-state index in [-0.39, 0.29) is 11.6 Å². The van der Waals surface area contributed by atoms with Crippen LogP contribution < -0.4 is 10.9 Å². The van der Waals surface area contributed by atoms with E-state index >= 15 is 0 Å². The minimum absolute atomic E-state index is 0.0988. The molecule has 1 aliphatic rings. The van der Waals surface area contributed by atoms with E-state index in [1.54, 1.807) is 4.57 Å². The normalized spacial score (nSPS) is 16.2. The number of nitrogens with one attached hydrogen (secondary N) is 1. The second-order valence-corrected chi connectivity index (χ2v) is 7.48. The van der Waals surface area contributed by atoms with E-state index in [4.69, 9.17) is 17.2 Å². The summed E-state index contributed by atoms with van der Waals surface area (Å²) >= 11 is 5.43. The minimum Gasteiger partial charge on any atom is -0.350 e. The Hall–Kier alpha value is -3.64. The molecule has 6 heteroatoms. The standard InChI is InChI=1S/C24H18N4OS/c29-23-18-13-7-8-14-19(18)25-22(28(23)17-11-5-2-6-12-17)21-15-20(26-24(30)27-21)16-9-3-1-4-10-16/h1-14,21H,15H2,(H,27,30). The highest BCUT2D eigenvalue weighted by atomic mass is 32.1. The molecule has 4 aromatic rings.